The molecule has 0 spiro atoms. The van der Waals surface area contributed by atoms with Crippen LogP contribution in [0.5, 0.6) is 17.2 Å². The summed E-state index contributed by atoms with van der Waals surface area (Å²) in [7, 11) is 1.49. The number of hydrogen-bond acceptors (Lipinski definition) is 8. The van der Waals surface area contributed by atoms with Gasteiger partial charge in [-0.15, -0.1) is 0 Å². The Bertz CT molecular complexity index is 1560. The first-order valence-electron chi connectivity index (χ1n) is 11.4. The quantitative estimate of drug-likeness (QED) is 0.201. The van der Waals surface area contributed by atoms with E-state index in [1.54, 1.807) is 24.3 Å². The minimum absolute atomic E-state index is 0.0495. The molecule has 11 nitrogen and oxygen atoms in total. The van der Waals surface area contributed by atoms with Gasteiger partial charge in [0.25, 0.3) is 5.75 Å². The van der Waals surface area contributed by atoms with Gasteiger partial charge in [-0.05, 0) is 42.0 Å². The van der Waals surface area contributed by atoms with E-state index in [-0.39, 0.29) is 34.2 Å². The monoisotopic (exact) mass is 612 g/mol. The van der Waals surface area contributed by atoms with E-state index in [1.165, 1.54) is 26.2 Å². The van der Waals surface area contributed by atoms with Crippen molar-refractivity contribution in [2.24, 2.45) is 5.10 Å². The Hall–Kier alpha value is -4.43. The molecular formula is C25H17Cl2F3N4O7. The van der Waals surface area contributed by atoms with E-state index in [2.05, 4.69) is 5.10 Å². The molecule has 0 N–H and O–H groups in total. The van der Waals surface area contributed by atoms with Crippen molar-refractivity contribution in [1.82, 2.24) is 5.01 Å². The number of nitro benzene ring substituents is 2. The molecule has 41 heavy (non-hydrogen) atoms. The smallest absolute Gasteiger partial charge is 0.416 e. The summed E-state index contributed by atoms with van der Waals surface area (Å²) in [6.45, 7) is 1.23. The van der Waals surface area contributed by atoms with E-state index in [1.807, 2.05) is 0 Å². The van der Waals surface area contributed by atoms with Gasteiger partial charge < -0.3 is 9.47 Å². The van der Waals surface area contributed by atoms with E-state index in [4.69, 9.17) is 32.7 Å². The number of hydrazone groups is 1. The number of amides is 1. The van der Waals surface area contributed by atoms with Crippen LogP contribution in [0.15, 0.2) is 53.6 Å². The molecule has 1 atom stereocenters. The van der Waals surface area contributed by atoms with E-state index < -0.39 is 56.4 Å². The standard InChI is InChI=1S/C25H17Cl2F3N4O7/c1-12(35)32-20(11-19(31-32)13-3-5-16(40-2)6-4-13)17-9-15(26)10-18(27)23(17)41-24-21(33(36)37)7-14(25(28,29)30)8-22(24)34(38)39/h3-10,20H,11H2,1-2H3. The Morgan fingerprint density at radius 2 is 1.61 bits per heavy atom. The first-order chi connectivity index (χ1) is 19.2. The molecule has 1 unspecified atom stereocenters. The molecule has 0 bridgehead atoms. The minimum atomic E-state index is -5.13. The van der Waals surface area contributed by atoms with E-state index in [0.29, 0.717) is 17.0 Å². The topological polar surface area (TPSA) is 137 Å². The molecule has 1 amide bonds. The molecule has 1 aliphatic heterocycles. The first kappa shape index (κ1) is 29.6. The maximum atomic E-state index is 13.4. The summed E-state index contributed by atoms with van der Waals surface area (Å²) in [6, 6.07) is 8.53. The lowest BCUT2D eigenvalue weighted by atomic mass is 9.97. The highest BCUT2D eigenvalue weighted by atomic mass is 35.5. The van der Waals surface area contributed by atoms with E-state index >= 15 is 0 Å². The summed E-state index contributed by atoms with van der Waals surface area (Å²) in [5.74, 6) is -1.44. The second-order valence-electron chi connectivity index (χ2n) is 8.62. The molecule has 1 heterocycles. The predicted molar refractivity (Wildman–Crippen MR) is 141 cm³/mol. The fraction of sp³-hybridized carbons (Fsp3) is 0.200. The molecule has 0 saturated carbocycles. The molecule has 0 aromatic heterocycles. The number of carbonyl (C=O) groups excluding carboxylic acids is 1. The van der Waals surface area contributed by atoms with E-state index in [0.717, 1.165) is 5.01 Å². The van der Waals surface area contributed by atoms with Crippen molar-refractivity contribution >= 4 is 46.2 Å². The number of ether oxygens (including phenoxy) is 2. The van der Waals surface area contributed by atoms with Gasteiger partial charge in [-0.1, -0.05) is 23.2 Å². The normalized spacial score (nSPS) is 15.0. The van der Waals surface area contributed by atoms with Gasteiger partial charge in [0.15, 0.2) is 5.75 Å². The molecule has 3 aromatic rings. The average molecular weight is 613 g/mol. The third-order valence-corrected chi connectivity index (χ3v) is 6.53. The summed E-state index contributed by atoms with van der Waals surface area (Å²) in [6.07, 6.45) is -5.06. The maximum Gasteiger partial charge on any atom is 0.416 e. The van der Waals surface area contributed by atoms with Gasteiger partial charge in [0.05, 0.1) is 39.3 Å². The summed E-state index contributed by atoms with van der Waals surface area (Å²) < 4.78 is 50.9. The summed E-state index contributed by atoms with van der Waals surface area (Å²) in [5.41, 5.74) is -3.15. The van der Waals surface area contributed by atoms with Gasteiger partial charge in [-0.3, -0.25) is 25.0 Å². The highest BCUT2D eigenvalue weighted by Crippen LogP contribution is 2.49. The van der Waals surface area contributed by atoms with Crippen LogP contribution in [-0.2, 0) is 11.0 Å². The molecule has 214 valence electrons. The van der Waals surface area contributed by atoms with Gasteiger partial charge in [-0.25, -0.2) is 5.01 Å². The third kappa shape index (κ3) is 6.02. The number of nitro groups is 2. The molecule has 3 aromatic carbocycles. The summed E-state index contributed by atoms with van der Waals surface area (Å²) in [4.78, 5) is 33.5. The predicted octanol–water partition coefficient (Wildman–Crippen LogP) is 7.33. The van der Waals surface area contributed by atoms with Crippen molar-refractivity contribution in [2.45, 2.75) is 25.6 Å². The summed E-state index contributed by atoms with van der Waals surface area (Å²) >= 11 is 12.6. The Morgan fingerprint density at radius 3 is 2.10 bits per heavy atom. The number of halogens is 5. The fourth-order valence-electron chi connectivity index (χ4n) is 4.18. The van der Waals surface area contributed by atoms with Crippen LogP contribution in [0.3, 0.4) is 0 Å². The Kier molecular flexibility index (Phi) is 8.08. The molecular weight excluding hydrogens is 596 g/mol. The second kappa shape index (κ2) is 11.2. The van der Waals surface area contributed by atoms with Crippen molar-refractivity contribution in [3.63, 3.8) is 0 Å². The highest BCUT2D eigenvalue weighted by molar-refractivity contribution is 6.35. The van der Waals surface area contributed by atoms with Crippen LogP contribution < -0.4 is 9.47 Å². The number of methoxy groups -OCH3 is 1. The van der Waals surface area contributed by atoms with Gasteiger partial charge in [-0.2, -0.15) is 18.3 Å². The molecule has 0 saturated heterocycles. The van der Waals surface area contributed by atoms with Crippen molar-refractivity contribution in [3.8, 4) is 17.2 Å². The molecule has 0 aliphatic carbocycles. The van der Waals surface area contributed by atoms with Gasteiger partial charge in [0.2, 0.25) is 5.91 Å². The number of hydrogen-bond donors (Lipinski definition) is 0. The number of carbonyl (C=O) groups is 1. The van der Waals surface area contributed by atoms with Crippen molar-refractivity contribution < 1.29 is 37.3 Å². The van der Waals surface area contributed by atoms with Crippen LogP contribution in [0.2, 0.25) is 10.0 Å². The van der Waals surface area contributed by atoms with E-state index in [9.17, 15) is 38.2 Å². The average Bonchev–Trinajstić information content (AvgIpc) is 3.35. The van der Waals surface area contributed by atoms with Crippen molar-refractivity contribution in [2.75, 3.05) is 7.11 Å². The van der Waals surface area contributed by atoms with Crippen LogP contribution >= 0.6 is 23.2 Å². The molecule has 1 aliphatic rings. The van der Waals surface area contributed by atoms with Crippen LogP contribution in [0.4, 0.5) is 24.5 Å². The van der Waals surface area contributed by atoms with Crippen LogP contribution in [0.1, 0.15) is 36.1 Å². The zero-order valence-electron chi connectivity index (χ0n) is 20.9. The number of benzene rings is 3. The molecule has 16 heteroatoms. The lowest BCUT2D eigenvalue weighted by Gasteiger charge is -2.24. The van der Waals surface area contributed by atoms with Crippen LogP contribution in [0.25, 0.3) is 0 Å². The van der Waals surface area contributed by atoms with Crippen molar-refractivity contribution in [3.05, 3.63) is 95.5 Å². The molecule has 0 fully saturated rings. The number of rotatable bonds is 7. The van der Waals surface area contributed by atoms with Gasteiger partial charge in [0, 0.05) is 36.1 Å². The lowest BCUT2D eigenvalue weighted by molar-refractivity contribution is -0.396. The molecule has 4 rings (SSSR count). The zero-order valence-corrected chi connectivity index (χ0v) is 22.5. The largest absolute Gasteiger partial charge is 0.497 e. The fourth-order valence-corrected chi connectivity index (χ4v) is 4.72. The minimum Gasteiger partial charge on any atom is -0.497 e. The number of nitrogens with zero attached hydrogens (tertiary/aromatic N) is 4. The number of alkyl halides is 3. The highest BCUT2D eigenvalue weighted by Gasteiger charge is 2.40. The Morgan fingerprint density at radius 1 is 1.02 bits per heavy atom. The van der Waals surface area contributed by atoms with Crippen LogP contribution in [-0.4, -0.2) is 33.6 Å². The lowest BCUT2D eigenvalue weighted by Crippen LogP contribution is -2.24. The van der Waals surface area contributed by atoms with Crippen molar-refractivity contribution in [1.29, 1.82) is 0 Å². The summed E-state index contributed by atoms with van der Waals surface area (Å²) in [5, 5.41) is 28.7. The SMILES string of the molecule is COc1ccc(C2=NN(C(C)=O)C(c3cc(Cl)cc(Cl)c3Oc3c([N+](=O)[O-])cc(C(F)(F)F)cc3[N+](=O)[O-])C2)cc1. The third-order valence-electron chi connectivity index (χ3n) is 6.03. The Labute approximate surface area is 239 Å². The Balaban J connectivity index is 1.86. The molecule has 0 radical (unpaired) electrons. The first-order valence-corrected chi connectivity index (χ1v) is 12.2. The second-order valence-corrected chi connectivity index (χ2v) is 9.47. The zero-order chi connectivity index (χ0) is 30.2. The van der Waals surface area contributed by atoms with Gasteiger partial charge >= 0.3 is 17.6 Å². The van der Waals surface area contributed by atoms with Gasteiger partial charge in [0.1, 0.15) is 5.75 Å². The maximum absolute atomic E-state index is 13.4. The van der Waals surface area contributed by atoms with Crippen LogP contribution in [0, 0.1) is 20.2 Å².